The maximum Gasteiger partial charge on any atom is 0.193 e. The van der Waals surface area contributed by atoms with Crippen LogP contribution in [-0.2, 0) is 0 Å². The van der Waals surface area contributed by atoms with Gasteiger partial charge in [-0.15, -0.1) is 0 Å². The number of ketones is 1. The molecule has 0 bridgehead atoms. The van der Waals surface area contributed by atoms with Gasteiger partial charge in [-0.25, -0.2) is 0 Å². The van der Waals surface area contributed by atoms with Crippen molar-refractivity contribution < 1.29 is 4.79 Å². The lowest BCUT2D eigenvalue weighted by Crippen LogP contribution is -2.29. The summed E-state index contributed by atoms with van der Waals surface area (Å²) in [7, 11) is 0. The number of benzene rings is 3. The van der Waals surface area contributed by atoms with E-state index < -0.39 is 0 Å². The summed E-state index contributed by atoms with van der Waals surface area (Å²) in [4.78, 5) is 15.0. The number of hydrogen-bond donors (Lipinski definition) is 0. The number of carbonyl (C=O) groups excluding carboxylic acids is 1. The second-order valence-corrected chi connectivity index (χ2v) is 7.31. The van der Waals surface area contributed by atoms with Crippen LogP contribution in [0.4, 0.5) is 5.69 Å². The van der Waals surface area contributed by atoms with Crippen LogP contribution in [0.25, 0.3) is 0 Å². The SMILES string of the molecule is CC1C(c2ccc(C(=O)c3ccccc3)cc2)CCN1c1ccc(C#N)cc1. The molecular weight excluding hydrogens is 344 g/mol. The Kier molecular flexibility index (Phi) is 4.95. The molecule has 3 aromatic rings. The molecule has 1 heterocycles. The quantitative estimate of drug-likeness (QED) is 0.598. The van der Waals surface area contributed by atoms with Crippen molar-refractivity contribution in [2.24, 2.45) is 0 Å². The Bertz CT molecular complexity index is 1000. The van der Waals surface area contributed by atoms with Gasteiger partial charge in [0.1, 0.15) is 0 Å². The normalized spacial score (nSPS) is 18.6. The van der Waals surface area contributed by atoms with Gasteiger partial charge in [0.15, 0.2) is 5.78 Å². The Morgan fingerprint density at radius 1 is 0.929 bits per heavy atom. The van der Waals surface area contributed by atoms with E-state index in [0.717, 1.165) is 29.8 Å². The summed E-state index contributed by atoms with van der Waals surface area (Å²) in [6.45, 7) is 3.24. The molecular formula is C25H22N2O. The molecule has 0 spiro atoms. The molecule has 0 N–H and O–H groups in total. The zero-order chi connectivity index (χ0) is 19.5. The van der Waals surface area contributed by atoms with E-state index in [9.17, 15) is 4.79 Å². The average Bonchev–Trinajstić information content (AvgIpc) is 3.15. The number of nitrogens with zero attached hydrogens (tertiary/aromatic N) is 2. The summed E-state index contributed by atoms with van der Waals surface area (Å²) in [5.74, 6) is 0.488. The zero-order valence-corrected chi connectivity index (χ0v) is 15.9. The van der Waals surface area contributed by atoms with Crippen LogP contribution in [0.2, 0.25) is 0 Å². The van der Waals surface area contributed by atoms with Gasteiger partial charge in [-0.05, 0) is 43.2 Å². The van der Waals surface area contributed by atoms with Crippen LogP contribution >= 0.6 is 0 Å². The molecule has 0 amide bonds. The fourth-order valence-corrected chi connectivity index (χ4v) is 4.11. The highest BCUT2D eigenvalue weighted by atomic mass is 16.1. The van der Waals surface area contributed by atoms with Gasteiger partial charge in [0, 0.05) is 35.3 Å². The molecule has 0 radical (unpaired) electrons. The molecule has 3 nitrogen and oxygen atoms in total. The maximum absolute atomic E-state index is 12.6. The van der Waals surface area contributed by atoms with Crippen LogP contribution in [0.3, 0.4) is 0 Å². The van der Waals surface area contributed by atoms with Gasteiger partial charge in [-0.2, -0.15) is 5.26 Å². The summed E-state index contributed by atoms with van der Waals surface area (Å²) in [5, 5.41) is 8.98. The van der Waals surface area contributed by atoms with Crippen molar-refractivity contribution >= 4 is 11.5 Å². The number of hydrogen-bond acceptors (Lipinski definition) is 3. The Morgan fingerprint density at radius 3 is 2.21 bits per heavy atom. The van der Waals surface area contributed by atoms with Gasteiger partial charge in [0.05, 0.1) is 11.6 Å². The molecule has 28 heavy (non-hydrogen) atoms. The highest BCUT2D eigenvalue weighted by molar-refractivity contribution is 6.08. The van der Waals surface area contributed by atoms with Gasteiger partial charge in [0.25, 0.3) is 0 Å². The van der Waals surface area contributed by atoms with E-state index in [1.165, 1.54) is 5.56 Å². The van der Waals surface area contributed by atoms with Crippen molar-refractivity contribution in [3.63, 3.8) is 0 Å². The molecule has 0 aromatic heterocycles. The second kappa shape index (κ2) is 7.70. The van der Waals surface area contributed by atoms with Gasteiger partial charge >= 0.3 is 0 Å². The third-order valence-corrected chi connectivity index (χ3v) is 5.72. The first-order chi connectivity index (χ1) is 13.7. The molecule has 3 aromatic carbocycles. The van der Waals surface area contributed by atoms with E-state index in [1.54, 1.807) is 0 Å². The Balaban J connectivity index is 1.50. The highest BCUT2D eigenvalue weighted by Gasteiger charge is 2.31. The molecule has 0 saturated carbocycles. The summed E-state index contributed by atoms with van der Waals surface area (Å²) < 4.78 is 0. The summed E-state index contributed by atoms with van der Waals surface area (Å²) >= 11 is 0. The molecule has 3 heteroatoms. The lowest BCUT2D eigenvalue weighted by molar-refractivity contribution is 0.103. The topological polar surface area (TPSA) is 44.1 Å². The van der Waals surface area contributed by atoms with Gasteiger partial charge in [-0.1, -0.05) is 54.6 Å². The summed E-state index contributed by atoms with van der Waals surface area (Å²) in [5.41, 5.74) is 4.56. The van der Waals surface area contributed by atoms with Crippen molar-refractivity contribution in [2.75, 3.05) is 11.4 Å². The number of rotatable bonds is 4. The first kappa shape index (κ1) is 18.0. The molecule has 4 rings (SSSR count). The predicted molar refractivity (Wildman–Crippen MR) is 112 cm³/mol. The second-order valence-electron chi connectivity index (χ2n) is 7.31. The van der Waals surface area contributed by atoms with Crippen LogP contribution in [-0.4, -0.2) is 18.4 Å². The lowest BCUT2D eigenvalue weighted by atomic mass is 9.91. The molecule has 2 atom stereocenters. The minimum absolute atomic E-state index is 0.0610. The number of nitriles is 1. The fraction of sp³-hybridized carbons (Fsp3) is 0.200. The van der Waals surface area contributed by atoms with E-state index >= 15 is 0 Å². The fourth-order valence-electron chi connectivity index (χ4n) is 4.11. The molecule has 1 aliphatic rings. The standard InChI is InChI=1S/C25H22N2O/c1-18-24(15-16-27(18)23-13-7-19(17-26)8-14-23)20-9-11-22(12-10-20)25(28)21-5-3-2-4-6-21/h2-14,18,24H,15-16H2,1H3. The van der Waals surface area contributed by atoms with Gasteiger partial charge in [0.2, 0.25) is 0 Å². The molecule has 2 unspecified atom stereocenters. The van der Waals surface area contributed by atoms with Crippen LogP contribution < -0.4 is 4.90 Å². The Labute approximate surface area is 165 Å². The van der Waals surface area contributed by atoms with Crippen molar-refractivity contribution in [3.8, 4) is 6.07 Å². The lowest BCUT2D eigenvalue weighted by Gasteiger charge is -2.27. The van der Waals surface area contributed by atoms with Crippen LogP contribution in [0.1, 0.15) is 46.3 Å². The third-order valence-electron chi connectivity index (χ3n) is 5.72. The average molecular weight is 366 g/mol. The molecule has 138 valence electrons. The Morgan fingerprint density at radius 2 is 1.57 bits per heavy atom. The minimum Gasteiger partial charge on any atom is -0.368 e. The molecule has 0 aliphatic carbocycles. The van der Waals surface area contributed by atoms with E-state index in [2.05, 4.69) is 30.0 Å². The van der Waals surface area contributed by atoms with E-state index in [-0.39, 0.29) is 5.78 Å². The number of carbonyl (C=O) groups is 1. The summed E-state index contributed by atoms with van der Waals surface area (Å²) in [6.07, 6.45) is 1.08. The van der Waals surface area contributed by atoms with Crippen LogP contribution in [0.5, 0.6) is 0 Å². The van der Waals surface area contributed by atoms with E-state index in [4.69, 9.17) is 5.26 Å². The molecule has 1 aliphatic heterocycles. The van der Waals surface area contributed by atoms with Crippen molar-refractivity contribution in [2.45, 2.75) is 25.3 Å². The highest BCUT2D eigenvalue weighted by Crippen LogP contribution is 2.36. The first-order valence-corrected chi connectivity index (χ1v) is 9.64. The third kappa shape index (κ3) is 3.42. The Hall–Kier alpha value is -3.38. The smallest absolute Gasteiger partial charge is 0.193 e. The van der Waals surface area contributed by atoms with Crippen LogP contribution in [0, 0.1) is 11.3 Å². The van der Waals surface area contributed by atoms with Crippen LogP contribution in [0.15, 0.2) is 78.9 Å². The van der Waals surface area contributed by atoms with Crippen molar-refractivity contribution in [1.82, 2.24) is 0 Å². The van der Waals surface area contributed by atoms with E-state index in [0.29, 0.717) is 17.5 Å². The minimum atomic E-state index is 0.0610. The van der Waals surface area contributed by atoms with E-state index in [1.807, 2.05) is 66.7 Å². The largest absolute Gasteiger partial charge is 0.368 e. The molecule has 1 fully saturated rings. The summed E-state index contributed by atoms with van der Waals surface area (Å²) in [6, 6.07) is 27.8. The zero-order valence-electron chi connectivity index (χ0n) is 15.9. The van der Waals surface area contributed by atoms with Gasteiger partial charge in [-0.3, -0.25) is 4.79 Å². The van der Waals surface area contributed by atoms with Gasteiger partial charge < -0.3 is 4.90 Å². The maximum atomic E-state index is 12.6. The monoisotopic (exact) mass is 366 g/mol. The first-order valence-electron chi connectivity index (χ1n) is 9.64. The molecule has 1 saturated heterocycles. The number of anilines is 1. The predicted octanol–water partition coefficient (Wildman–Crippen LogP) is 5.17. The van der Waals surface area contributed by atoms with Crippen molar-refractivity contribution in [3.05, 3.63) is 101 Å². The van der Waals surface area contributed by atoms with Crippen molar-refractivity contribution in [1.29, 1.82) is 5.26 Å².